The Bertz CT molecular complexity index is 463. The summed E-state index contributed by atoms with van der Waals surface area (Å²) in [5, 5.41) is 0.142. The smallest absolute Gasteiger partial charge is 0.211 e. The molecule has 0 aliphatic heterocycles. The molecule has 1 aromatic rings. The minimum absolute atomic E-state index is 0.142. The standard InChI is InChI=1S/C8H2ClIN2O2/c9-7-6(11-3-13)2-1-5(10)8(7)12-4-14/h1-2H. The summed E-state index contributed by atoms with van der Waals surface area (Å²) in [7, 11) is 0. The first-order chi connectivity index (χ1) is 6.70. The molecule has 0 aromatic heterocycles. The van der Waals surface area contributed by atoms with E-state index >= 15 is 0 Å². The van der Waals surface area contributed by atoms with Crippen LogP contribution in [0.5, 0.6) is 0 Å². The maximum Gasteiger partial charge on any atom is 0.240 e. The Balaban J connectivity index is 3.47. The molecule has 1 rings (SSSR count). The monoisotopic (exact) mass is 320 g/mol. The fraction of sp³-hybridized carbons (Fsp3) is 0. The molecule has 0 N–H and O–H groups in total. The van der Waals surface area contributed by atoms with E-state index in [1.165, 1.54) is 12.2 Å². The van der Waals surface area contributed by atoms with Crippen LogP contribution in [0.1, 0.15) is 0 Å². The lowest BCUT2D eigenvalue weighted by Gasteiger charge is -2.01. The average Bonchev–Trinajstić information content (AvgIpc) is 2.17. The van der Waals surface area contributed by atoms with Crippen LogP contribution in [0, 0.1) is 3.57 Å². The van der Waals surface area contributed by atoms with Crippen LogP contribution in [0.4, 0.5) is 11.4 Å². The summed E-state index contributed by atoms with van der Waals surface area (Å²) in [6, 6.07) is 3.18. The molecule has 0 spiro atoms. The van der Waals surface area contributed by atoms with Gasteiger partial charge in [-0.15, -0.1) is 0 Å². The third-order valence-corrected chi connectivity index (χ3v) is 2.61. The van der Waals surface area contributed by atoms with Crippen LogP contribution in [0.25, 0.3) is 0 Å². The Kier molecular flexibility index (Phi) is 3.98. The zero-order valence-electron chi connectivity index (χ0n) is 6.62. The molecule has 0 aliphatic carbocycles. The van der Waals surface area contributed by atoms with Gasteiger partial charge in [-0.1, -0.05) is 11.6 Å². The van der Waals surface area contributed by atoms with Crippen molar-refractivity contribution >= 4 is 57.7 Å². The number of carbonyl (C=O) groups excluding carboxylic acids is 2. The lowest BCUT2D eigenvalue weighted by atomic mass is 10.3. The van der Waals surface area contributed by atoms with Gasteiger partial charge >= 0.3 is 0 Å². The molecule has 70 valence electrons. The van der Waals surface area contributed by atoms with Crippen molar-refractivity contribution in [2.24, 2.45) is 9.98 Å². The molecule has 0 fully saturated rings. The number of hydrogen-bond donors (Lipinski definition) is 0. The van der Waals surface area contributed by atoms with Gasteiger partial charge in [-0.3, -0.25) is 0 Å². The van der Waals surface area contributed by atoms with Crippen LogP contribution in [-0.4, -0.2) is 12.2 Å². The van der Waals surface area contributed by atoms with E-state index in [0.717, 1.165) is 0 Å². The second-order valence-corrected chi connectivity index (χ2v) is 3.68. The zero-order chi connectivity index (χ0) is 10.6. The summed E-state index contributed by atoms with van der Waals surface area (Å²) in [4.78, 5) is 26.9. The van der Waals surface area contributed by atoms with Crippen LogP contribution in [0.15, 0.2) is 22.1 Å². The number of isocyanates is 2. The predicted octanol–water partition coefficient (Wildman–Crippen LogP) is 2.88. The summed E-state index contributed by atoms with van der Waals surface area (Å²) < 4.78 is 0.681. The fourth-order valence-corrected chi connectivity index (χ4v) is 1.79. The highest BCUT2D eigenvalue weighted by Gasteiger charge is 2.08. The van der Waals surface area contributed by atoms with E-state index in [2.05, 4.69) is 9.98 Å². The highest BCUT2D eigenvalue weighted by atomic mass is 127. The quantitative estimate of drug-likeness (QED) is 0.478. The molecule has 0 saturated heterocycles. The van der Waals surface area contributed by atoms with Crippen molar-refractivity contribution in [1.29, 1.82) is 0 Å². The van der Waals surface area contributed by atoms with E-state index in [4.69, 9.17) is 11.6 Å². The van der Waals surface area contributed by atoms with Crippen molar-refractivity contribution in [3.05, 3.63) is 20.7 Å². The van der Waals surface area contributed by atoms with Gasteiger partial charge in [0.25, 0.3) is 0 Å². The number of aliphatic imine (C=N–C) groups is 2. The first-order valence-electron chi connectivity index (χ1n) is 3.34. The highest BCUT2D eigenvalue weighted by Crippen LogP contribution is 2.37. The van der Waals surface area contributed by atoms with Crippen LogP contribution in [-0.2, 0) is 9.59 Å². The number of nitrogens with zero attached hydrogens (tertiary/aromatic N) is 2. The molecule has 0 unspecified atom stereocenters. The van der Waals surface area contributed by atoms with E-state index in [0.29, 0.717) is 3.57 Å². The molecule has 0 atom stereocenters. The third kappa shape index (κ3) is 2.27. The van der Waals surface area contributed by atoms with Crippen molar-refractivity contribution in [3.8, 4) is 0 Å². The molecular weight excluding hydrogens is 318 g/mol. The van der Waals surface area contributed by atoms with Gasteiger partial charge in [-0.25, -0.2) is 9.59 Å². The van der Waals surface area contributed by atoms with Crippen molar-refractivity contribution in [2.45, 2.75) is 0 Å². The van der Waals surface area contributed by atoms with E-state index in [9.17, 15) is 9.59 Å². The van der Waals surface area contributed by atoms with Crippen molar-refractivity contribution < 1.29 is 9.59 Å². The minimum atomic E-state index is 0.142. The van der Waals surface area contributed by atoms with Gasteiger partial charge in [0, 0.05) is 3.57 Å². The van der Waals surface area contributed by atoms with Crippen LogP contribution in [0.3, 0.4) is 0 Å². The Hall–Kier alpha value is -1.00. The Morgan fingerprint density at radius 3 is 2.43 bits per heavy atom. The van der Waals surface area contributed by atoms with Gasteiger partial charge in [-0.2, -0.15) is 9.98 Å². The van der Waals surface area contributed by atoms with Crippen molar-refractivity contribution in [3.63, 3.8) is 0 Å². The molecule has 0 amide bonds. The van der Waals surface area contributed by atoms with Gasteiger partial charge in [0.1, 0.15) is 5.69 Å². The molecule has 6 heteroatoms. The second-order valence-electron chi connectivity index (χ2n) is 2.14. The lowest BCUT2D eigenvalue weighted by molar-refractivity contribution is 0.565. The molecule has 4 nitrogen and oxygen atoms in total. The van der Waals surface area contributed by atoms with Gasteiger partial charge < -0.3 is 0 Å². The summed E-state index contributed by atoms with van der Waals surface area (Å²) in [6.07, 6.45) is 2.74. The number of halogens is 2. The van der Waals surface area contributed by atoms with Gasteiger partial charge in [0.2, 0.25) is 12.2 Å². The van der Waals surface area contributed by atoms with Crippen LogP contribution >= 0.6 is 34.2 Å². The fourth-order valence-electron chi connectivity index (χ4n) is 0.814. The SMILES string of the molecule is O=C=Nc1ccc(I)c(N=C=O)c1Cl. The lowest BCUT2D eigenvalue weighted by Crippen LogP contribution is -1.76. The van der Waals surface area contributed by atoms with Crippen molar-refractivity contribution in [1.82, 2.24) is 0 Å². The largest absolute Gasteiger partial charge is 0.240 e. The minimum Gasteiger partial charge on any atom is -0.211 e. The second kappa shape index (κ2) is 5.02. The first-order valence-corrected chi connectivity index (χ1v) is 4.80. The van der Waals surface area contributed by atoms with E-state index < -0.39 is 0 Å². The normalized spacial score (nSPS) is 8.71. The molecule has 0 aliphatic rings. The van der Waals surface area contributed by atoms with E-state index in [1.54, 1.807) is 12.1 Å². The first kappa shape index (κ1) is 11.1. The highest BCUT2D eigenvalue weighted by molar-refractivity contribution is 14.1. The maximum atomic E-state index is 10.1. The summed E-state index contributed by atoms with van der Waals surface area (Å²) in [5.74, 6) is 0. The topological polar surface area (TPSA) is 58.9 Å². The predicted molar refractivity (Wildman–Crippen MR) is 59.7 cm³/mol. The van der Waals surface area contributed by atoms with E-state index in [1.807, 2.05) is 22.6 Å². The Labute approximate surface area is 97.8 Å². The molecule has 0 heterocycles. The van der Waals surface area contributed by atoms with Gasteiger partial charge in [0.05, 0.1) is 10.7 Å². The molecule has 1 aromatic carbocycles. The third-order valence-electron chi connectivity index (χ3n) is 1.37. The number of rotatable bonds is 2. The molecule has 0 saturated carbocycles. The van der Waals surface area contributed by atoms with E-state index in [-0.39, 0.29) is 16.4 Å². The zero-order valence-corrected chi connectivity index (χ0v) is 9.53. The van der Waals surface area contributed by atoms with Crippen LogP contribution in [0.2, 0.25) is 5.02 Å². The average molecular weight is 320 g/mol. The van der Waals surface area contributed by atoms with Gasteiger partial charge in [0.15, 0.2) is 0 Å². The summed E-state index contributed by atoms with van der Waals surface area (Å²) in [5.41, 5.74) is 0.495. The van der Waals surface area contributed by atoms with Crippen molar-refractivity contribution in [2.75, 3.05) is 0 Å². The van der Waals surface area contributed by atoms with Gasteiger partial charge in [-0.05, 0) is 34.7 Å². The summed E-state index contributed by atoms with van der Waals surface area (Å²) >= 11 is 7.78. The Morgan fingerprint density at radius 2 is 1.86 bits per heavy atom. The number of benzene rings is 1. The molecular formula is C8H2ClIN2O2. The summed E-state index contributed by atoms with van der Waals surface area (Å²) in [6.45, 7) is 0. The number of hydrogen-bond acceptors (Lipinski definition) is 4. The maximum absolute atomic E-state index is 10.1. The Morgan fingerprint density at radius 1 is 1.21 bits per heavy atom. The molecule has 0 radical (unpaired) electrons. The molecule has 14 heavy (non-hydrogen) atoms. The van der Waals surface area contributed by atoms with Crippen LogP contribution < -0.4 is 0 Å². The molecule has 0 bridgehead atoms.